The third-order valence-corrected chi connectivity index (χ3v) is 5.88. The van der Waals surface area contributed by atoms with E-state index in [1.54, 1.807) is 48.8 Å². The van der Waals surface area contributed by atoms with Gasteiger partial charge in [-0.05, 0) is 78.9 Å². The van der Waals surface area contributed by atoms with Gasteiger partial charge in [0, 0.05) is 29.3 Å². The molecule has 0 saturated heterocycles. The predicted molar refractivity (Wildman–Crippen MR) is 122 cm³/mol. The quantitative estimate of drug-likeness (QED) is 0.399. The van der Waals surface area contributed by atoms with Crippen molar-refractivity contribution >= 4 is 27.3 Å². The van der Waals surface area contributed by atoms with Crippen LogP contribution >= 0.6 is 0 Å². The third kappa shape index (κ3) is 5.72. The Bertz CT molecular complexity index is 1360. The van der Waals surface area contributed by atoms with E-state index < -0.39 is 21.7 Å². The standard InChI is InChI=1S/C24H18FN3O4S/c25-18-4-6-20(7-5-18)28-33(30,31)23-3-1-2-17(16-23)24(29)27-19-8-10-21(11-9-19)32-22-12-14-26-15-13-22/h1-16,28H,(H,27,29). The number of halogens is 1. The van der Waals surface area contributed by atoms with Gasteiger partial charge >= 0.3 is 0 Å². The zero-order valence-electron chi connectivity index (χ0n) is 17.1. The average molecular weight is 463 g/mol. The molecule has 2 N–H and O–H groups in total. The van der Waals surface area contributed by atoms with Crippen LogP contribution in [0.3, 0.4) is 0 Å². The Morgan fingerprint density at radius 2 is 1.45 bits per heavy atom. The maximum Gasteiger partial charge on any atom is 0.261 e. The molecule has 0 spiro atoms. The fourth-order valence-electron chi connectivity index (χ4n) is 2.89. The lowest BCUT2D eigenvalue weighted by Gasteiger charge is -2.10. The summed E-state index contributed by atoms with van der Waals surface area (Å²) in [6, 6.07) is 20.7. The maximum absolute atomic E-state index is 13.1. The summed E-state index contributed by atoms with van der Waals surface area (Å²) in [5.74, 6) is 0.262. The van der Waals surface area contributed by atoms with Gasteiger partial charge in [0.05, 0.1) is 4.90 Å². The van der Waals surface area contributed by atoms with Crippen LogP contribution in [0.1, 0.15) is 10.4 Å². The van der Waals surface area contributed by atoms with E-state index in [0.29, 0.717) is 17.2 Å². The van der Waals surface area contributed by atoms with Gasteiger partial charge in [-0.25, -0.2) is 12.8 Å². The molecule has 4 aromatic rings. The molecular weight excluding hydrogens is 445 g/mol. The Morgan fingerprint density at radius 3 is 2.15 bits per heavy atom. The normalized spacial score (nSPS) is 10.9. The number of hydrogen-bond acceptors (Lipinski definition) is 5. The molecule has 1 heterocycles. The second-order valence-electron chi connectivity index (χ2n) is 6.90. The lowest BCUT2D eigenvalue weighted by atomic mass is 10.2. The number of rotatable bonds is 7. The number of pyridine rings is 1. The molecule has 0 atom stereocenters. The molecule has 0 aliphatic rings. The van der Waals surface area contributed by atoms with Crippen LogP contribution in [0.25, 0.3) is 0 Å². The van der Waals surface area contributed by atoms with Crippen molar-refractivity contribution in [1.29, 1.82) is 0 Å². The van der Waals surface area contributed by atoms with Gasteiger partial charge in [-0.1, -0.05) is 6.07 Å². The molecule has 0 unspecified atom stereocenters. The third-order valence-electron chi connectivity index (χ3n) is 4.50. The molecule has 7 nitrogen and oxygen atoms in total. The summed E-state index contributed by atoms with van der Waals surface area (Å²) in [4.78, 5) is 16.5. The molecule has 0 radical (unpaired) electrons. The fraction of sp³-hybridized carbons (Fsp3) is 0. The predicted octanol–water partition coefficient (Wildman–Crippen LogP) is 5.07. The Hall–Kier alpha value is -4.24. The van der Waals surface area contributed by atoms with Crippen LogP contribution in [0.2, 0.25) is 0 Å². The van der Waals surface area contributed by atoms with E-state index in [0.717, 1.165) is 12.1 Å². The van der Waals surface area contributed by atoms with Crippen LogP contribution in [-0.2, 0) is 10.0 Å². The number of nitrogens with zero attached hydrogens (tertiary/aromatic N) is 1. The van der Waals surface area contributed by atoms with E-state index in [9.17, 15) is 17.6 Å². The van der Waals surface area contributed by atoms with Gasteiger partial charge < -0.3 is 10.1 Å². The molecule has 0 fully saturated rings. The monoisotopic (exact) mass is 463 g/mol. The Kier molecular flexibility index (Phi) is 6.32. The molecule has 166 valence electrons. The van der Waals surface area contributed by atoms with E-state index in [4.69, 9.17) is 4.74 Å². The van der Waals surface area contributed by atoms with Crippen LogP contribution in [0.4, 0.5) is 15.8 Å². The molecule has 33 heavy (non-hydrogen) atoms. The zero-order valence-corrected chi connectivity index (χ0v) is 17.9. The van der Waals surface area contributed by atoms with Gasteiger partial charge in [0.15, 0.2) is 0 Å². The van der Waals surface area contributed by atoms with Gasteiger partial charge in [-0.2, -0.15) is 0 Å². The maximum atomic E-state index is 13.1. The average Bonchev–Trinajstić information content (AvgIpc) is 2.82. The second kappa shape index (κ2) is 9.49. The van der Waals surface area contributed by atoms with Gasteiger partial charge in [0.25, 0.3) is 15.9 Å². The first-order chi connectivity index (χ1) is 15.9. The molecular formula is C24H18FN3O4S. The number of anilines is 2. The molecule has 0 aliphatic carbocycles. The number of nitrogens with one attached hydrogen (secondary N) is 2. The van der Waals surface area contributed by atoms with Crippen molar-refractivity contribution < 1.29 is 22.3 Å². The van der Waals surface area contributed by atoms with Crippen LogP contribution < -0.4 is 14.8 Å². The van der Waals surface area contributed by atoms with Gasteiger partial charge in [-0.15, -0.1) is 0 Å². The fourth-order valence-corrected chi connectivity index (χ4v) is 3.99. The van der Waals surface area contributed by atoms with Crippen LogP contribution in [0.15, 0.2) is 102 Å². The molecule has 3 aromatic carbocycles. The second-order valence-corrected chi connectivity index (χ2v) is 8.59. The zero-order chi connectivity index (χ0) is 23.3. The number of carbonyl (C=O) groups excluding carboxylic acids is 1. The molecule has 4 rings (SSSR count). The Balaban J connectivity index is 1.44. The van der Waals surface area contributed by atoms with E-state index in [-0.39, 0.29) is 16.1 Å². The van der Waals surface area contributed by atoms with E-state index in [1.165, 1.54) is 36.4 Å². The summed E-state index contributed by atoms with van der Waals surface area (Å²) in [5.41, 5.74) is 0.884. The molecule has 0 saturated carbocycles. The number of ether oxygens (including phenoxy) is 1. The van der Waals surface area contributed by atoms with Crippen molar-refractivity contribution in [3.63, 3.8) is 0 Å². The van der Waals surface area contributed by atoms with E-state index >= 15 is 0 Å². The first kappa shape index (κ1) is 22.0. The SMILES string of the molecule is O=C(Nc1ccc(Oc2ccncc2)cc1)c1cccc(S(=O)(=O)Nc2ccc(F)cc2)c1. The van der Waals surface area contributed by atoms with Crippen LogP contribution in [-0.4, -0.2) is 19.3 Å². The highest BCUT2D eigenvalue weighted by Gasteiger charge is 2.17. The van der Waals surface area contributed by atoms with E-state index in [1.807, 2.05) is 0 Å². The van der Waals surface area contributed by atoms with Crippen molar-refractivity contribution in [2.75, 3.05) is 10.0 Å². The number of hydrogen-bond donors (Lipinski definition) is 2. The van der Waals surface area contributed by atoms with Gasteiger partial charge in [-0.3, -0.25) is 14.5 Å². The number of benzene rings is 3. The minimum atomic E-state index is -3.96. The summed E-state index contributed by atoms with van der Waals surface area (Å²) >= 11 is 0. The summed E-state index contributed by atoms with van der Waals surface area (Å²) in [5, 5.41) is 2.72. The number of amides is 1. The Labute approximate surface area is 189 Å². The highest BCUT2D eigenvalue weighted by atomic mass is 32.2. The van der Waals surface area contributed by atoms with Gasteiger partial charge in [0.1, 0.15) is 17.3 Å². The van der Waals surface area contributed by atoms with Gasteiger partial charge in [0.2, 0.25) is 0 Å². The highest BCUT2D eigenvalue weighted by Crippen LogP contribution is 2.23. The lowest BCUT2D eigenvalue weighted by molar-refractivity contribution is 0.102. The molecule has 0 bridgehead atoms. The van der Waals surface area contributed by atoms with Crippen molar-refractivity contribution in [3.8, 4) is 11.5 Å². The largest absolute Gasteiger partial charge is 0.457 e. The first-order valence-electron chi connectivity index (χ1n) is 9.77. The highest BCUT2D eigenvalue weighted by molar-refractivity contribution is 7.92. The smallest absolute Gasteiger partial charge is 0.261 e. The number of sulfonamides is 1. The summed E-state index contributed by atoms with van der Waals surface area (Å²) in [7, 11) is -3.96. The molecule has 1 amide bonds. The van der Waals surface area contributed by atoms with Crippen LogP contribution in [0, 0.1) is 5.82 Å². The molecule has 9 heteroatoms. The summed E-state index contributed by atoms with van der Waals surface area (Å²) in [6.07, 6.45) is 3.24. The topological polar surface area (TPSA) is 97.4 Å². The number of carbonyl (C=O) groups is 1. The van der Waals surface area contributed by atoms with Crippen molar-refractivity contribution in [1.82, 2.24) is 4.98 Å². The minimum Gasteiger partial charge on any atom is -0.457 e. The van der Waals surface area contributed by atoms with E-state index in [2.05, 4.69) is 15.0 Å². The van der Waals surface area contributed by atoms with Crippen molar-refractivity contribution in [2.45, 2.75) is 4.90 Å². The first-order valence-corrected chi connectivity index (χ1v) is 11.3. The molecule has 0 aliphatic heterocycles. The Morgan fingerprint density at radius 1 is 0.818 bits per heavy atom. The number of aromatic nitrogens is 1. The molecule has 1 aromatic heterocycles. The van der Waals surface area contributed by atoms with Crippen molar-refractivity contribution in [2.24, 2.45) is 0 Å². The van der Waals surface area contributed by atoms with Crippen molar-refractivity contribution in [3.05, 3.63) is 109 Å². The summed E-state index contributed by atoms with van der Waals surface area (Å²) < 4.78 is 46.4. The lowest BCUT2D eigenvalue weighted by Crippen LogP contribution is -2.16. The van der Waals surface area contributed by atoms with Crippen LogP contribution in [0.5, 0.6) is 11.5 Å². The minimum absolute atomic E-state index is 0.0967. The summed E-state index contributed by atoms with van der Waals surface area (Å²) in [6.45, 7) is 0.